The molecule has 0 saturated carbocycles. The van der Waals surface area contributed by atoms with Gasteiger partial charge in [-0.05, 0) is 25.3 Å². The van der Waals surface area contributed by atoms with Gasteiger partial charge in [-0.15, -0.1) is 0 Å². The minimum absolute atomic E-state index is 0.388. The van der Waals surface area contributed by atoms with E-state index in [0.29, 0.717) is 25.7 Å². The van der Waals surface area contributed by atoms with E-state index in [2.05, 4.69) is 46.7 Å². The molecule has 0 spiro atoms. The van der Waals surface area contributed by atoms with Crippen molar-refractivity contribution in [2.24, 2.45) is 18.0 Å². The van der Waals surface area contributed by atoms with Crippen LogP contribution in [0.5, 0.6) is 0 Å². The molecule has 1 atom stereocenters. The largest absolute Gasteiger partial charge is 0.376 e. The Morgan fingerprint density at radius 1 is 1.23 bits per heavy atom. The Morgan fingerprint density at radius 3 is 2.58 bits per heavy atom. The molecule has 142 valence electrons. The second kappa shape index (κ2) is 9.97. The van der Waals surface area contributed by atoms with Crippen LogP contribution in [0.1, 0.15) is 29.4 Å². The summed E-state index contributed by atoms with van der Waals surface area (Å²) < 4.78 is 7.71. The Balaban J connectivity index is 1.70. The average molecular weight is 358 g/mol. The van der Waals surface area contributed by atoms with Gasteiger partial charge in [0.15, 0.2) is 5.96 Å². The van der Waals surface area contributed by atoms with Gasteiger partial charge in [-0.1, -0.05) is 37.3 Å². The molecule has 1 aromatic carbocycles. The molecule has 2 aromatic rings. The fourth-order valence-corrected chi connectivity index (χ4v) is 2.75. The molecule has 2 rings (SSSR count). The molecular formula is C20H31N5O. The van der Waals surface area contributed by atoms with Gasteiger partial charge in [0.2, 0.25) is 0 Å². The summed E-state index contributed by atoms with van der Waals surface area (Å²) >= 11 is 0. The molecule has 0 aliphatic carbocycles. The van der Waals surface area contributed by atoms with Crippen molar-refractivity contribution < 1.29 is 4.74 Å². The Kier molecular flexibility index (Phi) is 7.66. The molecule has 6 nitrogen and oxygen atoms in total. The average Bonchev–Trinajstić information content (AvgIpc) is 2.88. The summed E-state index contributed by atoms with van der Waals surface area (Å²) in [7, 11) is 3.75. The Hall–Kier alpha value is -2.34. The molecule has 0 bridgehead atoms. The van der Waals surface area contributed by atoms with E-state index in [1.54, 1.807) is 7.05 Å². The first-order valence-electron chi connectivity index (χ1n) is 9.06. The van der Waals surface area contributed by atoms with Gasteiger partial charge in [0.25, 0.3) is 0 Å². The Bertz CT molecular complexity index is 708. The van der Waals surface area contributed by atoms with E-state index in [9.17, 15) is 0 Å². The van der Waals surface area contributed by atoms with E-state index in [1.807, 2.05) is 36.9 Å². The van der Waals surface area contributed by atoms with Crippen molar-refractivity contribution in [1.29, 1.82) is 0 Å². The molecule has 0 aliphatic heterocycles. The fourth-order valence-electron chi connectivity index (χ4n) is 2.75. The molecule has 26 heavy (non-hydrogen) atoms. The lowest BCUT2D eigenvalue weighted by molar-refractivity contribution is 0.0931. The number of aliphatic imine (C=N–C) groups is 1. The van der Waals surface area contributed by atoms with E-state index in [1.165, 1.54) is 16.8 Å². The fraction of sp³-hybridized carbons (Fsp3) is 0.500. The van der Waals surface area contributed by atoms with Crippen LogP contribution in [0.2, 0.25) is 0 Å². The quantitative estimate of drug-likeness (QED) is 0.563. The highest BCUT2D eigenvalue weighted by Crippen LogP contribution is 2.11. The maximum absolute atomic E-state index is 5.80. The van der Waals surface area contributed by atoms with Gasteiger partial charge in [-0.25, -0.2) is 0 Å². The van der Waals surface area contributed by atoms with Crippen LogP contribution in [0.4, 0.5) is 0 Å². The predicted molar refractivity (Wildman–Crippen MR) is 106 cm³/mol. The zero-order valence-corrected chi connectivity index (χ0v) is 16.5. The Labute approximate surface area is 156 Å². The summed E-state index contributed by atoms with van der Waals surface area (Å²) in [5.41, 5.74) is 4.64. The molecule has 6 heteroatoms. The normalized spacial score (nSPS) is 12.9. The van der Waals surface area contributed by atoms with Crippen molar-refractivity contribution in [3.05, 3.63) is 52.8 Å². The monoisotopic (exact) mass is 357 g/mol. The van der Waals surface area contributed by atoms with Gasteiger partial charge in [-0.3, -0.25) is 9.67 Å². The second-order valence-electron chi connectivity index (χ2n) is 6.69. The predicted octanol–water partition coefficient (Wildman–Crippen LogP) is 2.55. The zero-order chi connectivity index (χ0) is 18.9. The number of aryl methyl sites for hydroxylation is 2. The maximum atomic E-state index is 5.80. The molecule has 0 radical (unpaired) electrons. The summed E-state index contributed by atoms with van der Waals surface area (Å²) in [5, 5.41) is 11.2. The minimum Gasteiger partial charge on any atom is -0.376 e. The number of benzene rings is 1. The van der Waals surface area contributed by atoms with Crippen LogP contribution >= 0.6 is 0 Å². The third-order valence-electron chi connectivity index (χ3n) is 4.45. The number of nitrogens with one attached hydrogen (secondary N) is 2. The SMILES string of the molecule is CN=C(NCc1c(C)nn(C)c1C)NCC(C)COCc1ccccc1. The third kappa shape index (κ3) is 5.88. The van der Waals surface area contributed by atoms with E-state index in [4.69, 9.17) is 4.74 Å². The summed E-state index contributed by atoms with van der Waals surface area (Å²) in [6.45, 7) is 9.16. The lowest BCUT2D eigenvalue weighted by Gasteiger charge is -2.16. The van der Waals surface area contributed by atoms with E-state index in [-0.39, 0.29) is 0 Å². The first-order chi connectivity index (χ1) is 12.5. The molecule has 0 amide bonds. The highest BCUT2D eigenvalue weighted by atomic mass is 16.5. The molecule has 1 heterocycles. The minimum atomic E-state index is 0.388. The van der Waals surface area contributed by atoms with Crippen molar-refractivity contribution >= 4 is 5.96 Å². The van der Waals surface area contributed by atoms with Gasteiger partial charge in [0, 0.05) is 38.4 Å². The zero-order valence-electron chi connectivity index (χ0n) is 16.5. The highest BCUT2D eigenvalue weighted by Gasteiger charge is 2.10. The molecule has 0 saturated heterocycles. The molecule has 1 unspecified atom stereocenters. The van der Waals surface area contributed by atoms with Crippen molar-refractivity contribution in [2.75, 3.05) is 20.2 Å². The van der Waals surface area contributed by atoms with Crippen molar-refractivity contribution in [3.8, 4) is 0 Å². The van der Waals surface area contributed by atoms with Crippen molar-refractivity contribution in [2.45, 2.75) is 33.9 Å². The first kappa shape index (κ1) is 20.0. The number of hydrogen-bond acceptors (Lipinski definition) is 3. The highest BCUT2D eigenvalue weighted by molar-refractivity contribution is 5.79. The maximum Gasteiger partial charge on any atom is 0.191 e. The molecule has 0 aliphatic rings. The van der Waals surface area contributed by atoms with E-state index < -0.39 is 0 Å². The van der Waals surface area contributed by atoms with Gasteiger partial charge >= 0.3 is 0 Å². The van der Waals surface area contributed by atoms with Crippen LogP contribution in [0.25, 0.3) is 0 Å². The lowest BCUT2D eigenvalue weighted by Crippen LogP contribution is -2.39. The van der Waals surface area contributed by atoms with Crippen LogP contribution in [-0.4, -0.2) is 35.9 Å². The summed E-state index contributed by atoms with van der Waals surface area (Å²) in [4.78, 5) is 4.30. The van der Waals surface area contributed by atoms with Gasteiger partial charge in [-0.2, -0.15) is 5.10 Å². The Morgan fingerprint density at radius 2 is 1.96 bits per heavy atom. The molecular weight excluding hydrogens is 326 g/mol. The van der Waals surface area contributed by atoms with Crippen LogP contribution in [0, 0.1) is 19.8 Å². The standard InChI is InChI=1S/C20H31N5O/c1-15(13-26-14-18-9-7-6-8-10-18)11-22-20(21-4)23-12-19-16(2)24-25(5)17(19)3/h6-10,15H,11-14H2,1-5H3,(H2,21,22,23). The second-order valence-corrected chi connectivity index (χ2v) is 6.69. The van der Waals surface area contributed by atoms with E-state index >= 15 is 0 Å². The van der Waals surface area contributed by atoms with Gasteiger partial charge in [0.05, 0.1) is 18.9 Å². The summed E-state index contributed by atoms with van der Waals surface area (Å²) in [5.74, 6) is 1.18. The van der Waals surface area contributed by atoms with Crippen molar-refractivity contribution in [1.82, 2.24) is 20.4 Å². The van der Waals surface area contributed by atoms with Gasteiger partial charge in [0.1, 0.15) is 0 Å². The number of ether oxygens (including phenoxy) is 1. The number of rotatable bonds is 8. The molecule has 0 fully saturated rings. The number of guanidine groups is 1. The van der Waals surface area contributed by atoms with Gasteiger partial charge < -0.3 is 15.4 Å². The van der Waals surface area contributed by atoms with Crippen LogP contribution in [0.3, 0.4) is 0 Å². The van der Waals surface area contributed by atoms with Crippen LogP contribution in [0.15, 0.2) is 35.3 Å². The van der Waals surface area contributed by atoms with Crippen LogP contribution < -0.4 is 10.6 Å². The van der Waals surface area contributed by atoms with E-state index in [0.717, 1.165) is 18.2 Å². The lowest BCUT2D eigenvalue weighted by atomic mass is 10.2. The topological polar surface area (TPSA) is 63.5 Å². The number of aromatic nitrogens is 2. The van der Waals surface area contributed by atoms with Crippen molar-refractivity contribution in [3.63, 3.8) is 0 Å². The first-order valence-corrected chi connectivity index (χ1v) is 9.06. The summed E-state index contributed by atoms with van der Waals surface area (Å²) in [6, 6.07) is 10.2. The molecule has 1 aromatic heterocycles. The smallest absolute Gasteiger partial charge is 0.191 e. The summed E-state index contributed by atoms with van der Waals surface area (Å²) in [6.07, 6.45) is 0. The number of nitrogens with zero attached hydrogens (tertiary/aromatic N) is 3. The third-order valence-corrected chi connectivity index (χ3v) is 4.45. The van der Waals surface area contributed by atoms with Crippen LogP contribution in [-0.2, 0) is 24.9 Å². The molecule has 2 N–H and O–H groups in total. The number of hydrogen-bond donors (Lipinski definition) is 2.